The molecule has 0 aromatic rings. The Balaban J connectivity index is 4.33. The highest BCUT2D eigenvalue weighted by molar-refractivity contribution is 5.87. The minimum atomic E-state index is -0.546. The quantitative estimate of drug-likeness (QED) is 0.718. The zero-order valence-corrected chi connectivity index (χ0v) is 9.46. The second-order valence-electron chi connectivity index (χ2n) is 3.68. The molecule has 0 aromatic heterocycles. The summed E-state index contributed by atoms with van der Waals surface area (Å²) >= 11 is 0. The largest absolute Gasteiger partial charge is 0.373 e. The van der Waals surface area contributed by atoms with Crippen LogP contribution < -0.4 is 5.32 Å². The van der Waals surface area contributed by atoms with Crippen LogP contribution in [0.5, 0.6) is 0 Å². The maximum Gasteiger partial charge on any atom is 0.217 e. The summed E-state index contributed by atoms with van der Waals surface area (Å²) in [6.07, 6.45) is -0.253. The van der Waals surface area contributed by atoms with Gasteiger partial charge in [0.25, 0.3) is 0 Å². The average Bonchev–Trinajstić information content (AvgIpc) is 1.97. The van der Waals surface area contributed by atoms with E-state index in [2.05, 4.69) is 5.32 Å². The van der Waals surface area contributed by atoms with Gasteiger partial charge in [0.15, 0.2) is 5.78 Å². The summed E-state index contributed by atoms with van der Waals surface area (Å²) in [6.45, 7) is 8.39. The predicted molar refractivity (Wildman–Crippen MR) is 54.0 cm³/mol. The van der Waals surface area contributed by atoms with Crippen LogP contribution in [0, 0.1) is 0 Å². The standard InChI is InChI=1S/C10H19NO3/c1-6(2)14-8(4)10(7(3)12)11-9(5)13/h6,8,10H,1-5H3,(H,11,13)/t8-,10?/m1/s1. The van der Waals surface area contributed by atoms with Gasteiger partial charge >= 0.3 is 0 Å². The third-order valence-electron chi connectivity index (χ3n) is 1.75. The van der Waals surface area contributed by atoms with E-state index in [1.54, 1.807) is 6.92 Å². The maximum absolute atomic E-state index is 11.2. The van der Waals surface area contributed by atoms with Crippen LogP contribution in [-0.2, 0) is 14.3 Å². The number of amides is 1. The fourth-order valence-electron chi connectivity index (χ4n) is 1.28. The molecular weight excluding hydrogens is 182 g/mol. The van der Waals surface area contributed by atoms with Gasteiger partial charge in [-0.05, 0) is 27.7 Å². The van der Waals surface area contributed by atoms with Crippen molar-refractivity contribution in [2.45, 2.75) is 52.9 Å². The number of carbonyl (C=O) groups is 2. The van der Waals surface area contributed by atoms with Gasteiger partial charge in [0.05, 0.1) is 12.2 Å². The first-order chi connectivity index (χ1) is 6.34. The molecule has 0 heterocycles. The summed E-state index contributed by atoms with van der Waals surface area (Å²) in [4.78, 5) is 22.0. The van der Waals surface area contributed by atoms with Crippen LogP contribution >= 0.6 is 0 Å². The van der Waals surface area contributed by atoms with Crippen molar-refractivity contribution in [1.82, 2.24) is 5.32 Å². The Kier molecular flexibility index (Phi) is 5.38. The second kappa shape index (κ2) is 5.75. The first-order valence-corrected chi connectivity index (χ1v) is 4.77. The van der Waals surface area contributed by atoms with Crippen LogP contribution in [0.4, 0.5) is 0 Å². The molecule has 14 heavy (non-hydrogen) atoms. The van der Waals surface area contributed by atoms with Gasteiger partial charge < -0.3 is 10.1 Å². The van der Waals surface area contributed by atoms with Gasteiger partial charge in [0.1, 0.15) is 6.04 Å². The number of nitrogens with one attached hydrogen (secondary N) is 1. The van der Waals surface area contributed by atoms with Gasteiger partial charge in [0, 0.05) is 6.92 Å². The molecule has 1 amide bonds. The summed E-state index contributed by atoms with van der Waals surface area (Å²) in [5.74, 6) is -0.308. The van der Waals surface area contributed by atoms with E-state index in [0.717, 1.165) is 0 Å². The van der Waals surface area contributed by atoms with Gasteiger partial charge in [0.2, 0.25) is 5.91 Å². The third kappa shape index (κ3) is 4.97. The lowest BCUT2D eigenvalue weighted by molar-refractivity contribution is -0.130. The van der Waals surface area contributed by atoms with Crippen molar-refractivity contribution in [3.63, 3.8) is 0 Å². The first kappa shape index (κ1) is 13.1. The average molecular weight is 201 g/mol. The van der Waals surface area contributed by atoms with Gasteiger partial charge in [-0.1, -0.05) is 0 Å². The number of rotatable bonds is 5. The molecule has 0 rings (SSSR count). The van der Waals surface area contributed by atoms with Crippen molar-refractivity contribution in [1.29, 1.82) is 0 Å². The molecule has 0 aliphatic heterocycles. The van der Waals surface area contributed by atoms with E-state index >= 15 is 0 Å². The molecule has 4 nitrogen and oxygen atoms in total. The highest BCUT2D eigenvalue weighted by Crippen LogP contribution is 2.04. The van der Waals surface area contributed by atoms with Gasteiger partial charge in [-0.15, -0.1) is 0 Å². The monoisotopic (exact) mass is 201 g/mol. The molecule has 0 saturated carbocycles. The molecule has 0 aliphatic rings. The Bertz CT molecular complexity index is 213. The van der Waals surface area contributed by atoms with E-state index in [0.29, 0.717) is 0 Å². The summed E-state index contributed by atoms with van der Waals surface area (Å²) in [7, 11) is 0. The molecule has 0 saturated heterocycles. The lowest BCUT2D eigenvalue weighted by atomic mass is 10.1. The fraction of sp³-hybridized carbons (Fsp3) is 0.800. The van der Waals surface area contributed by atoms with Crippen molar-refractivity contribution in [2.75, 3.05) is 0 Å². The van der Waals surface area contributed by atoms with Gasteiger partial charge in [-0.25, -0.2) is 0 Å². The van der Waals surface area contributed by atoms with E-state index in [-0.39, 0.29) is 23.9 Å². The minimum absolute atomic E-state index is 0.0422. The maximum atomic E-state index is 11.2. The summed E-state index contributed by atoms with van der Waals surface area (Å²) in [6, 6.07) is -0.546. The molecule has 2 atom stereocenters. The Morgan fingerprint density at radius 1 is 1.14 bits per heavy atom. The van der Waals surface area contributed by atoms with E-state index < -0.39 is 6.04 Å². The zero-order chi connectivity index (χ0) is 11.3. The number of hydrogen-bond acceptors (Lipinski definition) is 3. The first-order valence-electron chi connectivity index (χ1n) is 4.77. The lowest BCUT2D eigenvalue weighted by Crippen LogP contribution is -2.47. The second-order valence-corrected chi connectivity index (χ2v) is 3.68. The molecule has 0 aromatic carbocycles. The molecule has 0 spiro atoms. The van der Waals surface area contributed by atoms with Crippen LogP contribution in [0.25, 0.3) is 0 Å². The normalized spacial score (nSPS) is 15.0. The van der Waals surface area contributed by atoms with Crippen molar-refractivity contribution in [3.05, 3.63) is 0 Å². The number of ketones is 1. The predicted octanol–water partition coefficient (Wildman–Crippen LogP) is 0.894. The van der Waals surface area contributed by atoms with Crippen LogP contribution in [0.2, 0.25) is 0 Å². The summed E-state index contributed by atoms with van der Waals surface area (Å²) in [5.41, 5.74) is 0. The fourth-order valence-corrected chi connectivity index (χ4v) is 1.28. The molecule has 82 valence electrons. The van der Waals surface area contributed by atoms with Crippen molar-refractivity contribution < 1.29 is 14.3 Å². The smallest absolute Gasteiger partial charge is 0.217 e. The van der Waals surface area contributed by atoms with Gasteiger partial charge in [-0.3, -0.25) is 9.59 Å². The van der Waals surface area contributed by atoms with Crippen LogP contribution in [0.3, 0.4) is 0 Å². The van der Waals surface area contributed by atoms with Crippen LogP contribution in [-0.4, -0.2) is 29.9 Å². The Morgan fingerprint density at radius 2 is 1.64 bits per heavy atom. The van der Waals surface area contributed by atoms with Crippen molar-refractivity contribution >= 4 is 11.7 Å². The number of carbonyl (C=O) groups excluding carboxylic acids is 2. The van der Waals surface area contributed by atoms with Crippen molar-refractivity contribution in [3.8, 4) is 0 Å². The molecule has 1 N–H and O–H groups in total. The highest BCUT2D eigenvalue weighted by Gasteiger charge is 2.23. The number of ether oxygens (including phenoxy) is 1. The van der Waals surface area contributed by atoms with E-state index in [9.17, 15) is 9.59 Å². The topological polar surface area (TPSA) is 55.4 Å². The minimum Gasteiger partial charge on any atom is -0.373 e. The molecule has 4 heteroatoms. The number of Topliss-reactive ketones (excluding diaryl/α,β-unsaturated/α-hetero) is 1. The molecule has 0 fully saturated rings. The van der Waals surface area contributed by atoms with Crippen LogP contribution in [0.15, 0.2) is 0 Å². The molecule has 0 bridgehead atoms. The Hall–Kier alpha value is -0.900. The van der Waals surface area contributed by atoms with E-state index in [1.165, 1.54) is 13.8 Å². The SMILES string of the molecule is CC(=O)NC(C(C)=O)[C@@H](C)OC(C)C. The summed E-state index contributed by atoms with van der Waals surface area (Å²) in [5, 5.41) is 2.57. The third-order valence-corrected chi connectivity index (χ3v) is 1.75. The number of hydrogen-bond donors (Lipinski definition) is 1. The highest BCUT2D eigenvalue weighted by atomic mass is 16.5. The Labute approximate surface area is 85.0 Å². The van der Waals surface area contributed by atoms with E-state index in [1.807, 2.05) is 13.8 Å². The van der Waals surface area contributed by atoms with Crippen LogP contribution in [0.1, 0.15) is 34.6 Å². The van der Waals surface area contributed by atoms with Crippen molar-refractivity contribution in [2.24, 2.45) is 0 Å². The molecule has 1 unspecified atom stereocenters. The molecule has 0 radical (unpaired) electrons. The zero-order valence-electron chi connectivity index (χ0n) is 9.46. The van der Waals surface area contributed by atoms with E-state index in [4.69, 9.17) is 4.74 Å². The Morgan fingerprint density at radius 3 is 1.93 bits per heavy atom. The summed E-state index contributed by atoms with van der Waals surface area (Å²) < 4.78 is 5.44. The lowest BCUT2D eigenvalue weighted by Gasteiger charge is -2.24. The molecular formula is C10H19NO3. The van der Waals surface area contributed by atoms with Gasteiger partial charge in [-0.2, -0.15) is 0 Å². The molecule has 0 aliphatic carbocycles.